The zero-order valence-electron chi connectivity index (χ0n) is 20.6. The third kappa shape index (κ3) is 4.09. The zero-order chi connectivity index (χ0) is 25.4. The van der Waals surface area contributed by atoms with Crippen LogP contribution in [0.3, 0.4) is 0 Å². The van der Waals surface area contributed by atoms with Crippen LogP contribution in [0.15, 0.2) is 54.6 Å². The SMILES string of the molecule is COc1ccc2c(c1)c1c3c(c(-c4ccccc4)cc1n2CCC(=O)NCCN(C)C)C(=O)NC3=O. The number of hydrogen-bond acceptors (Lipinski definition) is 5. The van der Waals surface area contributed by atoms with Crippen LogP contribution in [0, 0.1) is 0 Å². The van der Waals surface area contributed by atoms with Gasteiger partial charge >= 0.3 is 0 Å². The number of benzene rings is 3. The summed E-state index contributed by atoms with van der Waals surface area (Å²) in [7, 11) is 5.51. The zero-order valence-corrected chi connectivity index (χ0v) is 20.6. The smallest absolute Gasteiger partial charge is 0.259 e. The number of amides is 3. The predicted octanol–water partition coefficient (Wildman–Crippen LogP) is 3.42. The summed E-state index contributed by atoms with van der Waals surface area (Å²) in [5.74, 6) is -0.216. The number of likely N-dealkylation sites (N-methyl/N-ethyl adjacent to an activating group) is 1. The molecule has 1 aliphatic heterocycles. The lowest BCUT2D eigenvalue weighted by Crippen LogP contribution is -2.31. The molecule has 3 amide bonds. The second-order valence-electron chi connectivity index (χ2n) is 9.16. The number of nitrogens with one attached hydrogen (secondary N) is 2. The van der Waals surface area contributed by atoms with E-state index in [1.54, 1.807) is 7.11 Å². The molecule has 1 aliphatic rings. The van der Waals surface area contributed by atoms with Gasteiger partial charge in [0.25, 0.3) is 11.8 Å². The van der Waals surface area contributed by atoms with Gasteiger partial charge in [0, 0.05) is 42.3 Å². The first-order valence-electron chi connectivity index (χ1n) is 11.9. The topological polar surface area (TPSA) is 92.7 Å². The maximum atomic E-state index is 13.1. The van der Waals surface area contributed by atoms with Crippen molar-refractivity contribution in [3.05, 3.63) is 65.7 Å². The molecule has 4 aromatic rings. The Balaban J connectivity index is 1.70. The Morgan fingerprint density at radius 1 is 1.00 bits per heavy atom. The molecule has 0 atom stereocenters. The highest BCUT2D eigenvalue weighted by atomic mass is 16.5. The highest BCUT2D eigenvalue weighted by Crippen LogP contribution is 2.41. The molecule has 0 fully saturated rings. The Morgan fingerprint density at radius 3 is 2.47 bits per heavy atom. The lowest BCUT2D eigenvalue weighted by atomic mass is 9.93. The van der Waals surface area contributed by atoms with Crippen LogP contribution in [-0.4, -0.2) is 61.5 Å². The van der Waals surface area contributed by atoms with Crippen molar-refractivity contribution in [1.82, 2.24) is 20.1 Å². The van der Waals surface area contributed by atoms with Crippen LogP contribution in [0.25, 0.3) is 32.9 Å². The van der Waals surface area contributed by atoms with E-state index < -0.39 is 11.8 Å². The molecule has 8 nitrogen and oxygen atoms in total. The minimum Gasteiger partial charge on any atom is -0.497 e. The van der Waals surface area contributed by atoms with Gasteiger partial charge in [-0.15, -0.1) is 0 Å². The van der Waals surface area contributed by atoms with Gasteiger partial charge in [0.15, 0.2) is 0 Å². The summed E-state index contributed by atoms with van der Waals surface area (Å²) in [5, 5.41) is 6.94. The first-order valence-corrected chi connectivity index (χ1v) is 11.9. The van der Waals surface area contributed by atoms with Crippen LogP contribution >= 0.6 is 0 Å². The van der Waals surface area contributed by atoms with E-state index in [0.29, 0.717) is 40.9 Å². The van der Waals surface area contributed by atoms with Crippen LogP contribution in [-0.2, 0) is 11.3 Å². The number of methoxy groups -OCH3 is 1. The van der Waals surface area contributed by atoms with Crippen molar-refractivity contribution in [2.75, 3.05) is 34.3 Å². The number of nitrogens with zero attached hydrogens (tertiary/aromatic N) is 2. The highest BCUT2D eigenvalue weighted by molar-refractivity contribution is 6.32. The molecule has 0 saturated heterocycles. The van der Waals surface area contributed by atoms with Gasteiger partial charge in [-0.25, -0.2) is 0 Å². The van der Waals surface area contributed by atoms with Gasteiger partial charge in [0.05, 0.1) is 23.8 Å². The molecular formula is C28H28N4O4. The number of fused-ring (bicyclic) bond motifs is 5. The largest absolute Gasteiger partial charge is 0.497 e. The molecule has 5 rings (SSSR count). The van der Waals surface area contributed by atoms with Gasteiger partial charge in [0.1, 0.15) is 5.75 Å². The molecule has 36 heavy (non-hydrogen) atoms. The van der Waals surface area contributed by atoms with E-state index in [4.69, 9.17) is 4.74 Å². The summed E-state index contributed by atoms with van der Waals surface area (Å²) in [4.78, 5) is 40.6. The number of imide groups is 1. The van der Waals surface area contributed by atoms with E-state index in [0.717, 1.165) is 28.5 Å². The van der Waals surface area contributed by atoms with Gasteiger partial charge in [-0.1, -0.05) is 30.3 Å². The first-order chi connectivity index (χ1) is 17.4. The number of carbonyl (C=O) groups excluding carboxylic acids is 3. The molecular weight excluding hydrogens is 456 g/mol. The van der Waals surface area contributed by atoms with Crippen molar-refractivity contribution in [1.29, 1.82) is 0 Å². The van der Waals surface area contributed by atoms with Crippen molar-refractivity contribution >= 4 is 39.5 Å². The Labute approximate surface area is 208 Å². The first kappa shape index (κ1) is 23.6. The standard InChI is InChI=1S/C28H28N4O4/c1-31(2)14-12-29-23(33)11-13-32-21-10-9-18(36-3)15-20(21)24-22(32)16-19(17-7-5-4-6-8-17)25-26(24)28(35)30-27(25)34/h4-10,15-16H,11-14H2,1-3H3,(H,29,33)(H,30,34,35). The number of aromatic nitrogens is 1. The molecule has 2 heterocycles. The fourth-order valence-electron chi connectivity index (χ4n) is 4.86. The summed E-state index contributed by atoms with van der Waals surface area (Å²) in [6, 6.07) is 17.2. The summed E-state index contributed by atoms with van der Waals surface area (Å²) in [6.07, 6.45) is 0.279. The van der Waals surface area contributed by atoms with Gasteiger partial charge in [-0.3, -0.25) is 19.7 Å². The third-order valence-electron chi connectivity index (χ3n) is 6.57. The maximum absolute atomic E-state index is 13.1. The molecule has 0 spiro atoms. The summed E-state index contributed by atoms with van der Waals surface area (Å²) >= 11 is 0. The Kier molecular flexibility index (Phi) is 6.20. The number of carbonyl (C=O) groups is 3. The van der Waals surface area contributed by atoms with Crippen LogP contribution in [0.2, 0.25) is 0 Å². The third-order valence-corrected chi connectivity index (χ3v) is 6.57. The van der Waals surface area contributed by atoms with Gasteiger partial charge < -0.3 is 19.5 Å². The average Bonchev–Trinajstić information content (AvgIpc) is 3.34. The molecule has 8 heteroatoms. The Hall–Kier alpha value is -4.17. The minimum atomic E-state index is -0.416. The van der Waals surface area contributed by atoms with E-state index in [1.807, 2.05) is 73.6 Å². The normalized spacial score (nSPS) is 12.9. The van der Waals surface area contributed by atoms with E-state index in [2.05, 4.69) is 15.2 Å². The van der Waals surface area contributed by atoms with E-state index in [-0.39, 0.29) is 12.3 Å². The quantitative estimate of drug-likeness (QED) is 0.374. The summed E-state index contributed by atoms with van der Waals surface area (Å²) in [6.45, 7) is 1.75. The number of rotatable bonds is 8. The lowest BCUT2D eigenvalue weighted by molar-refractivity contribution is -0.121. The number of ether oxygens (including phenoxy) is 1. The van der Waals surface area contributed by atoms with E-state index >= 15 is 0 Å². The molecule has 0 bridgehead atoms. The predicted molar refractivity (Wildman–Crippen MR) is 139 cm³/mol. The number of hydrogen-bond donors (Lipinski definition) is 2. The van der Waals surface area contributed by atoms with Crippen molar-refractivity contribution in [3.63, 3.8) is 0 Å². The average molecular weight is 485 g/mol. The fraction of sp³-hybridized carbons (Fsp3) is 0.250. The maximum Gasteiger partial charge on any atom is 0.259 e. The van der Waals surface area contributed by atoms with Crippen LogP contribution < -0.4 is 15.4 Å². The molecule has 2 N–H and O–H groups in total. The van der Waals surface area contributed by atoms with Gasteiger partial charge in [0.2, 0.25) is 5.91 Å². The van der Waals surface area contributed by atoms with Crippen molar-refractivity contribution in [2.45, 2.75) is 13.0 Å². The lowest BCUT2D eigenvalue weighted by Gasteiger charge is -2.13. The molecule has 1 aromatic heterocycles. The highest BCUT2D eigenvalue weighted by Gasteiger charge is 2.34. The monoisotopic (exact) mass is 484 g/mol. The fourth-order valence-corrected chi connectivity index (χ4v) is 4.86. The second-order valence-corrected chi connectivity index (χ2v) is 9.16. The Bertz CT molecular complexity index is 1510. The van der Waals surface area contributed by atoms with Crippen molar-refractivity contribution < 1.29 is 19.1 Å². The molecule has 3 aromatic carbocycles. The van der Waals surface area contributed by atoms with Crippen molar-refractivity contribution in [2.24, 2.45) is 0 Å². The van der Waals surface area contributed by atoms with E-state index in [9.17, 15) is 14.4 Å². The minimum absolute atomic E-state index is 0.0438. The van der Waals surface area contributed by atoms with Gasteiger partial charge in [-0.2, -0.15) is 0 Å². The van der Waals surface area contributed by atoms with Crippen LogP contribution in [0.1, 0.15) is 27.1 Å². The molecule has 0 saturated carbocycles. The summed E-state index contributed by atoms with van der Waals surface area (Å²) < 4.78 is 7.51. The van der Waals surface area contributed by atoms with Crippen molar-refractivity contribution in [3.8, 4) is 16.9 Å². The molecule has 0 unspecified atom stereocenters. The van der Waals surface area contributed by atoms with Crippen LogP contribution in [0.5, 0.6) is 5.75 Å². The van der Waals surface area contributed by atoms with Crippen LogP contribution in [0.4, 0.5) is 0 Å². The van der Waals surface area contributed by atoms with E-state index in [1.165, 1.54) is 0 Å². The number of aryl methyl sites for hydroxylation is 1. The molecule has 184 valence electrons. The summed E-state index contributed by atoms with van der Waals surface area (Å²) in [5.41, 5.74) is 3.93. The molecule has 0 aliphatic carbocycles. The second kappa shape index (κ2) is 9.47. The molecule has 0 radical (unpaired) electrons. The Morgan fingerprint density at radius 2 is 1.75 bits per heavy atom. The van der Waals surface area contributed by atoms with Gasteiger partial charge in [-0.05, 0) is 49.5 Å².